The molecular weight excluding hydrogens is 607 g/mol. The maximum absolute atomic E-state index is 13.1. The number of ketones is 1. The Morgan fingerprint density at radius 3 is 2.21 bits per heavy atom. The van der Waals surface area contributed by atoms with Crippen molar-refractivity contribution in [3.63, 3.8) is 0 Å². The average Bonchev–Trinajstić information content (AvgIpc) is 3.87. The van der Waals surface area contributed by atoms with Crippen LogP contribution < -0.4 is 4.90 Å². The van der Waals surface area contributed by atoms with Crippen molar-refractivity contribution in [2.24, 2.45) is 0 Å². The lowest BCUT2D eigenvalue weighted by atomic mass is 9.98. The van der Waals surface area contributed by atoms with Crippen LogP contribution in [0.25, 0.3) is 31.5 Å². The third-order valence-corrected chi connectivity index (χ3v) is 11.7. The molecule has 43 heavy (non-hydrogen) atoms. The maximum atomic E-state index is 13.1. The summed E-state index contributed by atoms with van der Waals surface area (Å²) in [6.45, 7) is 0. The lowest BCUT2D eigenvalue weighted by Crippen LogP contribution is -2.06. The zero-order valence-corrected chi connectivity index (χ0v) is 26.2. The molecule has 0 unspecified atom stereocenters. The minimum atomic E-state index is -0.191. The minimum absolute atomic E-state index is 0.191. The van der Waals surface area contributed by atoms with Crippen molar-refractivity contribution in [3.05, 3.63) is 136 Å². The van der Waals surface area contributed by atoms with Gasteiger partial charge in [0.2, 0.25) is 0 Å². The largest absolute Gasteiger partial charge is 0.298 e. The second-order valence-electron chi connectivity index (χ2n) is 9.99. The SMILES string of the molecule is O=Cc1cc2ccccc2cc1C(=O)C=Cc1ccc(N(c2ccc(C3=CCCS3)s2)c2ccc(-c3cccs3)s2)cc1. The van der Waals surface area contributed by atoms with Crippen LogP contribution in [0.15, 0.2) is 115 Å². The summed E-state index contributed by atoms with van der Waals surface area (Å²) in [5.74, 6) is 0.958. The Balaban J connectivity index is 1.18. The zero-order valence-electron chi connectivity index (χ0n) is 22.9. The van der Waals surface area contributed by atoms with Gasteiger partial charge in [-0.15, -0.1) is 45.8 Å². The molecule has 0 radical (unpaired) electrons. The molecule has 3 aromatic heterocycles. The monoisotopic (exact) mass is 631 g/mol. The predicted octanol–water partition coefficient (Wildman–Crippen LogP) is 11.3. The highest BCUT2D eigenvalue weighted by Crippen LogP contribution is 2.47. The van der Waals surface area contributed by atoms with Gasteiger partial charge in [0.25, 0.3) is 0 Å². The van der Waals surface area contributed by atoms with Gasteiger partial charge in [0, 0.05) is 42.1 Å². The Kier molecular flexibility index (Phi) is 7.96. The van der Waals surface area contributed by atoms with E-state index in [1.54, 1.807) is 40.9 Å². The molecule has 7 rings (SSSR count). The van der Waals surface area contributed by atoms with E-state index in [1.165, 1.54) is 24.5 Å². The molecule has 210 valence electrons. The average molecular weight is 632 g/mol. The van der Waals surface area contributed by atoms with Crippen molar-refractivity contribution in [1.29, 1.82) is 0 Å². The lowest BCUT2D eigenvalue weighted by molar-refractivity contribution is 0.103. The van der Waals surface area contributed by atoms with Crippen molar-refractivity contribution in [2.45, 2.75) is 6.42 Å². The number of aldehydes is 1. The van der Waals surface area contributed by atoms with Gasteiger partial charge in [-0.1, -0.05) is 54.6 Å². The molecule has 0 fully saturated rings. The number of carbonyl (C=O) groups excluding carboxylic acids is 2. The lowest BCUT2D eigenvalue weighted by Gasteiger charge is -2.21. The fourth-order valence-corrected chi connectivity index (χ4v) is 9.21. The summed E-state index contributed by atoms with van der Waals surface area (Å²) in [5, 5.41) is 6.31. The molecule has 0 spiro atoms. The molecule has 1 aliphatic rings. The minimum Gasteiger partial charge on any atom is -0.298 e. The Hall–Kier alpha value is -4.01. The van der Waals surface area contributed by atoms with E-state index in [4.69, 9.17) is 0 Å². The van der Waals surface area contributed by atoms with Gasteiger partial charge in [-0.3, -0.25) is 14.5 Å². The van der Waals surface area contributed by atoms with E-state index in [0.717, 1.165) is 45.5 Å². The third-order valence-electron chi connectivity index (χ3n) is 7.23. The van der Waals surface area contributed by atoms with Gasteiger partial charge >= 0.3 is 0 Å². The number of thiophene rings is 3. The highest BCUT2D eigenvalue weighted by molar-refractivity contribution is 8.08. The van der Waals surface area contributed by atoms with Crippen LogP contribution >= 0.6 is 45.8 Å². The first-order valence-electron chi connectivity index (χ1n) is 13.8. The van der Waals surface area contributed by atoms with Gasteiger partial charge < -0.3 is 0 Å². The maximum Gasteiger partial charge on any atom is 0.186 e. The van der Waals surface area contributed by atoms with Crippen LogP contribution in [0, 0.1) is 0 Å². The molecule has 0 atom stereocenters. The number of hydrogen-bond donors (Lipinski definition) is 0. The first-order valence-corrected chi connectivity index (χ1v) is 17.3. The molecule has 0 bridgehead atoms. The van der Waals surface area contributed by atoms with E-state index < -0.39 is 0 Å². The van der Waals surface area contributed by atoms with Crippen molar-refractivity contribution in [3.8, 4) is 9.75 Å². The first kappa shape index (κ1) is 27.8. The molecule has 4 heterocycles. The second-order valence-corrected chi connectivity index (χ2v) is 14.2. The molecule has 0 N–H and O–H groups in total. The summed E-state index contributed by atoms with van der Waals surface area (Å²) in [7, 11) is 0. The molecule has 3 nitrogen and oxygen atoms in total. The highest BCUT2D eigenvalue weighted by atomic mass is 32.2. The van der Waals surface area contributed by atoms with Crippen molar-refractivity contribution >= 4 is 95.3 Å². The molecule has 0 aliphatic carbocycles. The standard InChI is InChI=1S/C36H25NO2S4/c38-23-27-21-25-5-1-2-6-26(25)22-29(27)30(39)14-11-24-9-12-28(13-10-24)37(35-17-15-33(42-35)31-7-3-19-40-31)36-18-16-34(43-36)32-8-4-20-41-32/h1-3,5-19,21-23H,4,20H2. The van der Waals surface area contributed by atoms with Crippen molar-refractivity contribution in [1.82, 2.24) is 0 Å². The Bertz CT molecular complexity index is 1990. The van der Waals surface area contributed by atoms with Crippen LogP contribution in [0.3, 0.4) is 0 Å². The normalized spacial score (nSPS) is 13.1. The fourth-order valence-electron chi connectivity index (χ4n) is 5.10. The number of carbonyl (C=O) groups is 2. The van der Waals surface area contributed by atoms with E-state index in [1.807, 2.05) is 65.6 Å². The van der Waals surface area contributed by atoms with Gasteiger partial charge in [-0.2, -0.15) is 0 Å². The Morgan fingerprint density at radius 2 is 1.51 bits per heavy atom. The smallest absolute Gasteiger partial charge is 0.186 e. The van der Waals surface area contributed by atoms with Crippen LogP contribution in [0.2, 0.25) is 0 Å². The number of anilines is 3. The number of benzene rings is 3. The quantitative estimate of drug-likeness (QED) is 0.0904. The van der Waals surface area contributed by atoms with Crippen LogP contribution in [-0.2, 0) is 0 Å². The molecule has 7 heteroatoms. The molecule has 6 aromatic rings. The Labute approximate surface area is 266 Å². The predicted molar refractivity (Wildman–Crippen MR) is 188 cm³/mol. The summed E-state index contributed by atoms with van der Waals surface area (Å²) in [5.41, 5.74) is 2.79. The number of rotatable bonds is 9. The number of fused-ring (bicyclic) bond motifs is 1. The molecule has 3 aromatic carbocycles. The molecule has 0 saturated heterocycles. The topological polar surface area (TPSA) is 37.4 Å². The van der Waals surface area contributed by atoms with E-state index in [0.29, 0.717) is 11.1 Å². The van der Waals surface area contributed by atoms with Gasteiger partial charge in [-0.25, -0.2) is 0 Å². The van der Waals surface area contributed by atoms with Gasteiger partial charge in [0.15, 0.2) is 12.1 Å². The van der Waals surface area contributed by atoms with Crippen LogP contribution in [0.4, 0.5) is 15.7 Å². The van der Waals surface area contributed by atoms with E-state index >= 15 is 0 Å². The number of thioether (sulfide) groups is 1. The van der Waals surface area contributed by atoms with Crippen LogP contribution in [-0.4, -0.2) is 17.8 Å². The molecule has 0 amide bonds. The molecule has 0 saturated carbocycles. The third kappa shape index (κ3) is 5.82. The van der Waals surface area contributed by atoms with E-state index in [9.17, 15) is 9.59 Å². The number of nitrogens with zero attached hydrogens (tertiary/aromatic N) is 1. The highest BCUT2D eigenvalue weighted by Gasteiger charge is 2.19. The van der Waals surface area contributed by atoms with Crippen molar-refractivity contribution in [2.75, 3.05) is 10.7 Å². The summed E-state index contributed by atoms with van der Waals surface area (Å²) < 4.78 is 0. The second kappa shape index (κ2) is 12.3. The van der Waals surface area contributed by atoms with Gasteiger partial charge in [0.1, 0.15) is 10.0 Å². The zero-order chi connectivity index (χ0) is 29.2. The molecular formula is C36H25NO2S4. The first-order chi connectivity index (χ1) is 21.2. The summed E-state index contributed by atoms with van der Waals surface area (Å²) in [4.78, 5) is 32.4. The van der Waals surface area contributed by atoms with Gasteiger partial charge in [-0.05, 0) is 88.8 Å². The van der Waals surface area contributed by atoms with Crippen LogP contribution in [0.1, 0.15) is 37.6 Å². The van der Waals surface area contributed by atoms with Crippen molar-refractivity contribution < 1.29 is 9.59 Å². The summed E-state index contributed by atoms with van der Waals surface area (Å²) >= 11 is 7.28. The fraction of sp³-hybridized carbons (Fsp3) is 0.0556. The Morgan fingerprint density at radius 1 is 0.767 bits per heavy atom. The summed E-state index contributed by atoms with van der Waals surface area (Å²) in [6, 6.07) is 32.7. The number of allylic oxidation sites excluding steroid dienone is 2. The summed E-state index contributed by atoms with van der Waals surface area (Å²) in [6.07, 6.45) is 7.58. The van der Waals surface area contributed by atoms with Gasteiger partial charge in [0.05, 0.1) is 0 Å². The number of hydrogen-bond acceptors (Lipinski definition) is 7. The van der Waals surface area contributed by atoms with E-state index in [-0.39, 0.29) is 5.78 Å². The molecule has 1 aliphatic heterocycles. The van der Waals surface area contributed by atoms with E-state index in [2.05, 4.69) is 64.9 Å². The van der Waals surface area contributed by atoms with Crippen LogP contribution in [0.5, 0.6) is 0 Å².